The van der Waals surface area contributed by atoms with Gasteiger partial charge in [0.05, 0.1) is 6.54 Å². The Morgan fingerprint density at radius 3 is 2.48 bits per heavy atom. The number of anilines is 1. The summed E-state index contributed by atoms with van der Waals surface area (Å²) in [5.74, 6) is 0.300. The number of carbonyl (C=O) groups is 2. The van der Waals surface area contributed by atoms with Gasteiger partial charge in [-0.1, -0.05) is 48.0 Å². The molecule has 1 saturated heterocycles. The molecule has 29 heavy (non-hydrogen) atoms. The topological polar surface area (TPSA) is 87.5 Å². The number of rotatable bonds is 5. The average molecular weight is 417 g/mol. The quantitative estimate of drug-likeness (QED) is 0.699. The number of nitrogens with two attached hydrogens (primary N) is 1. The van der Waals surface area contributed by atoms with Crippen LogP contribution in [0, 0.1) is 19.8 Å². The Labute approximate surface area is 178 Å². The standard InChI is InChI=1S/C22H28N4O2.ClH/c1-15-8-9-20(16(2)10-15)24-22(28)25-21(27)14-26-12-18(11-23)19(13-26)17-6-4-3-5-7-17;/h3-10,18-19H,11-14,23H2,1-2H3,(H2,24,25,27,28);1H/t18-,19+;/m1./s1. The molecule has 0 aromatic heterocycles. The Morgan fingerprint density at radius 1 is 1.10 bits per heavy atom. The molecule has 2 aromatic rings. The molecule has 156 valence electrons. The van der Waals surface area contributed by atoms with Gasteiger partial charge in [0, 0.05) is 24.7 Å². The van der Waals surface area contributed by atoms with Crippen LogP contribution in [0.4, 0.5) is 10.5 Å². The van der Waals surface area contributed by atoms with Crippen LogP contribution < -0.4 is 16.4 Å². The molecule has 7 heteroatoms. The molecule has 1 fully saturated rings. The monoisotopic (exact) mass is 416 g/mol. The van der Waals surface area contributed by atoms with Crippen molar-refractivity contribution in [1.82, 2.24) is 10.2 Å². The van der Waals surface area contributed by atoms with Crippen LogP contribution in [-0.2, 0) is 4.79 Å². The second-order valence-electron chi connectivity index (χ2n) is 7.53. The number of likely N-dealkylation sites (tertiary alicyclic amines) is 1. The molecular formula is C22H29ClN4O2. The highest BCUT2D eigenvalue weighted by atomic mass is 35.5. The molecular weight excluding hydrogens is 388 g/mol. The molecule has 0 radical (unpaired) electrons. The number of benzene rings is 2. The van der Waals surface area contributed by atoms with Crippen LogP contribution in [0.1, 0.15) is 22.6 Å². The molecule has 0 aliphatic carbocycles. The predicted octanol–water partition coefficient (Wildman–Crippen LogP) is 3.05. The molecule has 2 atom stereocenters. The minimum absolute atomic E-state index is 0. The summed E-state index contributed by atoms with van der Waals surface area (Å²) in [6, 6.07) is 15.5. The van der Waals surface area contributed by atoms with Gasteiger partial charge in [0.15, 0.2) is 0 Å². The maximum atomic E-state index is 12.3. The van der Waals surface area contributed by atoms with E-state index in [1.807, 2.05) is 50.2 Å². The number of hydrogen-bond donors (Lipinski definition) is 3. The van der Waals surface area contributed by atoms with E-state index in [1.165, 1.54) is 5.56 Å². The lowest BCUT2D eigenvalue weighted by Crippen LogP contribution is -2.41. The molecule has 3 rings (SSSR count). The van der Waals surface area contributed by atoms with Gasteiger partial charge < -0.3 is 11.1 Å². The highest BCUT2D eigenvalue weighted by molar-refractivity contribution is 6.02. The van der Waals surface area contributed by atoms with E-state index in [1.54, 1.807) is 0 Å². The molecule has 0 unspecified atom stereocenters. The SMILES string of the molecule is Cc1ccc(NC(=O)NC(=O)CN2C[C@@H](CN)[C@H](c3ccccc3)C2)c(C)c1.Cl. The number of nitrogens with zero attached hydrogens (tertiary/aromatic N) is 1. The first-order chi connectivity index (χ1) is 13.5. The highest BCUT2D eigenvalue weighted by Crippen LogP contribution is 2.31. The fourth-order valence-electron chi connectivity index (χ4n) is 3.88. The maximum absolute atomic E-state index is 12.3. The van der Waals surface area contributed by atoms with E-state index in [0.29, 0.717) is 24.1 Å². The van der Waals surface area contributed by atoms with Gasteiger partial charge in [-0.3, -0.25) is 15.0 Å². The minimum Gasteiger partial charge on any atom is -0.330 e. The first kappa shape index (κ1) is 22.9. The van der Waals surface area contributed by atoms with Crippen LogP contribution in [0.15, 0.2) is 48.5 Å². The third-order valence-electron chi connectivity index (χ3n) is 5.30. The minimum atomic E-state index is -0.508. The van der Waals surface area contributed by atoms with Crippen LogP contribution in [0.25, 0.3) is 0 Å². The lowest BCUT2D eigenvalue weighted by molar-refractivity contribution is -0.120. The second-order valence-corrected chi connectivity index (χ2v) is 7.53. The summed E-state index contributed by atoms with van der Waals surface area (Å²) >= 11 is 0. The van der Waals surface area contributed by atoms with Crippen molar-refractivity contribution >= 4 is 30.0 Å². The van der Waals surface area contributed by atoms with E-state index in [2.05, 4.69) is 27.7 Å². The van der Waals surface area contributed by atoms with Crippen molar-refractivity contribution in [1.29, 1.82) is 0 Å². The molecule has 1 aliphatic heterocycles. The van der Waals surface area contributed by atoms with Crippen molar-refractivity contribution in [3.8, 4) is 0 Å². The van der Waals surface area contributed by atoms with Crippen LogP contribution in [0.5, 0.6) is 0 Å². The zero-order valence-electron chi connectivity index (χ0n) is 16.9. The molecule has 1 aliphatic rings. The number of urea groups is 1. The van der Waals surface area contributed by atoms with Gasteiger partial charge >= 0.3 is 6.03 Å². The third kappa shape index (κ3) is 6.03. The van der Waals surface area contributed by atoms with Crippen LogP contribution in [-0.4, -0.2) is 43.0 Å². The Morgan fingerprint density at radius 2 is 1.83 bits per heavy atom. The Bertz CT molecular complexity index is 844. The molecule has 3 amide bonds. The first-order valence-corrected chi connectivity index (χ1v) is 9.61. The van der Waals surface area contributed by atoms with Gasteiger partial charge in [-0.25, -0.2) is 4.79 Å². The summed E-state index contributed by atoms with van der Waals surface area (Å²) in [6.07, 6.45) is 0. The van der Waals surface area contributed by atoms with Crippen molar-refractivity contribution < 1.29 is 9.59 Å². The number of amides is 3. The number of hydrogen-bond acceptors (Lipinski definition) is 4. The Kier molecular flexibility index (Phi) is 8.20. The molecule has 2 aromatic carbocycles. The van der Waals surface area contributed by atoms with Crippen molar-refractivity contribution in [2.45, 2.75) is 19.8 Å². The van der Waals surface area contributed by atoms with E-state index in [9.17, 15) is 9.59 Å². The van der Waals surface area contributed by atoms with E-state index in [-0.39, 0.29) is 24.9 Å². The van der Waals surface area contributed by atoms with Gasteiger partial charge in [0.2, 0.25) is 5.91 Å². The van der Waals surface area contributed by atoms with Gasteiger partial charge in [-0.2, -0.15) is 0 Å². The highest BCUT2D eigenvalue weighted by Gasteiger charge is 2.33. The van der Waals surface area contributed by atoms with Gasteiger partial charge in [-0.05, 0) is 43.5 Å². The summed E-state index contributed by atoms with van der Waals surface area (Å²) in [6.45, 7) is 6.18. The largest absolute Gasteiger partial charge is 0.330 e. The molecule has 0 bridgehead atoms. The summed E-state index contributed by atoms with van der Waals surface area (Å²) in [5.41, 5.74) is 9.98. The Hall–Kier alpha value is -2.41. The number of aryl methyl sites for hydroxylation is 2. The average Bonchev–Trinajstić information content (AvgIpc) is 3.07. The van der Waals surface area contributed by atoms with Crippen molar-refractivity contribution in [2.24, 2.45) is 11.7 Å². The number of nitrogens with one attached hydrogen (secondary N) is 2. The third-order valence-corrected chi connectivity index (χ3v) is 5.30. The lowest BCUT2D eigenvalue weighted by Gasteiger charge is -2.16. The van der Waals surface area contributed by atoms with Crippen molar-refractivity contribution in [3.63, 3.8) is 0 Å². The summed E-state index contributed by atoms with van der Waals surface area (Å²) in [7, 11) is 0. The van der Waals surface area contributed by atoms with Crippen LogP contribution in [0.2, 0.25) is 0 Å². The molecule has 6 nitrogen and oxygen atoms in total. The van der Waals surface area contributed by atoms with E-state index < -0.39 is 6.03 Å². The molecule has 1 heterocycles. The fraction of sp³-hybridized carbons (Fsp3) is 0.364. The number of imide groups is 1. The van der Waals surface area contributed by atoms with Crippen molar-refractivity contribution in [2.75, 3.05) is 31.5 Å². The summed E-state index contributed by atoms with van der Waals surface area (Å²) < 4.78 is 0. The van der Waals surface area contributed by atoms with Crippen LogP contribution >= 0.6 is 12.4 Å². The Balaban J connectivity index is 0.00000300. The number of halogens is 1. The predicted molar refractivity (Wildman–Crippen MR) is 118 cm³/mol. The smallest absolute Gasteiger partial charge is 0.325 e. The zero-order chi connectivity index (χ0) is 20.1. The maximum Gasteiger partial charge on any atom is 0.325 e. The molecule has 0 spiro atoms. The normalized spacial score (nSPS) is 18.7. The lowest BCUT2D eigenvalue weighted by atomic mass is 9.89. The van der Waals surface area contributed by atoms with E-state index in [4.69, 9.17) is 5.73 Å². The van der Waals surface area contributed by atoms with Gasteiger partial charge in [-0.15, -0.1) is 12.4 Å². The summed E-state index contributed by atoms with van der Waals surface area (Å²) in [5, 5.41) is 5.16. The molecule has 4 N–H and O–H groups in total. The second kappa shape index (κ2) is 10.4. The molecule has 0 saturated carbocycles. The van der Waals surface area contributed by atoms with Gasteiger partial charge in [0.1, 0.15) is 0 Å². The first-order valence-electron chi connectivity index (χ1n) is 9.61. The van der Waals surface area contributed by atoms with Crippen LogP contribution in [0.3, 0.4) is 0 Å². The van der Waals surface area contributed by atoms with E-state index in [0.717, 1.165) is 24.2 Å². The summed E-state index contributed by atoms with van der Waals surface area (Å²) in [4.78, 5) is 26.6. The van der Waals surface area contributed by atoms with Gasteiger partial charge in [0.25, 0.3) is 0 Å². The number of carbonyl (C=O) groups excluding carboxylic acids is 2. The fourth-order valence-corrected chi connectivity index (χ4v) is 3.88. The van der Waals surface area contributed by atoms with Crippen molar-refractivity contribution in [3.05, 3.63) is 65.2 Å². The van der Waals surface area contributed by atoms with E-state index >= 15 is 0 Å². The zero-order valence-corrected chi connectivity index (χ0v) is 17.7.